The predicted molar refractivity (Wildman–Crippen MR) is 52.3 cm³/mol. The van der Waals surface area contributed by atoms with E-state index in [0.717, 1.165) is 6.42 Å². The highest BCUT2D eigenvalue weighted by molar-refractivity contribution is 7.10. The molecule has 1 aromatic heterocycles. The highest BCUT2D eigenvalue weighted by Crippen LogP contribution is 2.30. The summed E-state index contributed by atoms with van der Waals surface area (Å²) in [6, 6.07) is 4.44. The molecule has 0 unspecified atom stereocenters. The van der Waals surface area contributed by atoms with Crippen LogP contribution in [0.5, 0.6) is 0 Å². The van der Waals surface area contributed by atoms with Gasteiger partial charge in [-0.15, -0.1) is 11.3 Å². The number of nitriles is 1. The first-order chi connectivity index (χ1) is 5.61. The number of aryl methyl sites for hydroxylation is 1. The molecule has 0 fully saturated rings. The second-order valence-electron chi connectivity index (χ2n) is 3.37. The molecule has 0 aliphatic rings. The summed E-state index contributed by atoms with van der Waals surface area (Å²) in [5.41, 5.74) is 0.992. The SMILES string of the molecule is CCc1ccsc1C(C)(C)C#N. The quantitative estimate of drug-likeness (QED) is 0.684. The minimum Gasteiger partial charge on any atom is -0.197 e. The van der Waals surface area contributed by atoms with E-state index in [4.69, 9.17) is 5.26 Å². The summed E-state index contributed by atoms with van der Waals surface area (Å²) >= 11 is 1.68. The Morgan fingerprint density at radius 2 is 2.25 bits per heavy atom. The van der Waals surface area contributed by atoms with Crippen LogP contribution >= 0.6 is 11.3 Å². The molecule has 1 aromatic rings. The van der Waals surface area contributed by atoms with E-state index in [1.165, 1.54) is 10.4 Å². The van der Waals surface area contributed by atoms with E-state index in [1.807, 2.05) is 13.8 Å². The van der Waals surface area contributed by atoms with Crippen molar-refractivity contribution in [1.82, 2.24) is 0 Å². The molecule has 0 aliphatic carbocycles. The summed E-state index contributed by atoms with van der Waals surface area (Å²) in [5.74, 6) is 0. The van der Waals surface area contributed by atoms with Gasteiger partial charge < -0.3 is 0 Å². The molecule has 1 heterocycles. The van der Waals surface area contributed by atoms with Crippen LogP contribution in [0, 0.1) is 11.3 Å². The molecule has 0 amide bonds. The number of nitrogens with zero attached hydrogens (tertiary/aromatic N) is 1. The monoisotopic (exact) mass is 179 g/mol. The highest BCUT2D eigenvalue weighted by atomic mass is 32.1. The molecule has 1 rings (SSSR count). The van der Waals surface area contributed by atoms with Gasteiger partial charge in [0.15, 0.2) is 0 Å². The van der Waals surface area contributed by atoms with Gasteiger partial charge in [0.2, 0.25) is 0 Å². The van der Waals surface area contributed by atoms with Crippen LogP contribution in [0.2, 0.25) is 0 Å². The van der Waals surface area contributed by atoms with Crippen LogP contribution in [-0.2, 0) is 11.8 Å². The van der Waals surface area contributed by atoms with Crippen molar-refractivity contribution >= 4 is 11.3 Å². The van der Waals surface area contributed by atoms with Gasteiger partial charge in [-0.25, -0.2) is 0 Å². The van der Waals surface area contributed by atoms with Gasteiger partial charge in [-0.1, -0.05) is 6.92 Å². The molecule has 0 spiro atoms. The van der Waals surface area contributed by atoms with Gasteiger partial charge >= 0.3 is 0 Å². The Morgan fingerprint density at radius 3 is 2.75 bits per heavy atom. The van der Waals surface area contributed by atoms with Gasteiger partial charge in [0.25, 0.3) is 0 Å². The smallest absolute Gasteiger partial charge is 0.0861 e. The van der Waals surface area contributed by atoms with Gasteiger partial charge in [-0.2, -0.15) is 5.26 Å². The van der Waals surface area contributed by atoms with E-state index < -0.39 is 0 Å². The lowest BCUT2D eigenvalue weighted by atomic mass is 9.90. The van der Waals surface area contributed by atoms with Gasteiger partial charge in [0, 0.05) is 4.88 Å². The second kappa shape index (κ2) is 3.28. The summed E-state index contributed by atoms with van der Waals surface area (Å²) < 4.78 is 0. The maximum atomic E-state index is 8.94. The van der Waals surface area contributed by atoms with Crippen LogP contribution < -0.4 is 0 Å². The Balaban J connectivity index is 3.11. The van der Waals surface area contributed by atoms with E-state index in [9.17, 15) is 0 Å². The van der Waals surface area contributed by atoms with Gasteiger partial charge in [-0.05, 0) is 37.3 Å². The Morgan fingerprint density at radius 1 is 1.58 bits per heavy atom. The first-order valence-corrected chi connectivity index (χ1v) is 4.98. The Hall–Kier alpha value is -0.810. The first kappa shape index (κ1) is 9.28. The van der Waals surface area contributed by atoms with Crippen LogP contribution in [-0.4, -0.2) is 0 Å². The van der Waals surface area contributed by atoms with Gasteiger partial charge in [0.1, 0.15) is 0 Å². The standard InChI is InChI=1S/C10H13NS/c1-4-8-5-6-12-9(8)10(2,3)7-11/h5-6H,4H2,1-3H3. The summed E-state index contributed by atoms with van der Waals surface area (Å²) in [4.78, 5) is 1.22. The van der Waals surface area contributed by atoms with Crippen molar-refractivity contribution in [2.75, 3.05) is 0 Å². The third kappa shape index (κ3) is 1.51. The molecule has 0 bridgehead atoms. The molecule has 2 heteroatoms. The average molecular weight is 179 g/mol. The molecular weight excluding hydrogens is 166 g/mol. The van der Waals surface area contributed by atoms with Crippen molar-refractivity contribution in [3.63, 3.8) is 0 Å². The third-order valence-corrected chi connectivity index (χ3v) is 3.26. The van der Waals surface area contributed by atoms with Crippen molar-refractivity contribution < 1.29 is 0 Å². The first-order valence-electron chi connectivity index (χ1n) is 4.10. The Labute approximate surface area is 77.7 Å². The number of rotatable bonds is 2. The Bertz CT molecular complexity index is 304. The van der Waals surface area contributed by atoms with E-state index >= 15 is 0 Å². The fourth-order valence-electron chi connectivity index (χ4n) is 1.21. The minimum atomic E-state index is -0.320. The van der Waals surface area contributed by atoms with Crippen molar-refractivity contribution in [1.29, 1.82) is 5.26 Å². The molecule has 0 aromatic carbocycles. The zero-order chi connectivity index (χ0) is 9.19. The number of thiophene rings is 1. The third-order valence-electron chi connectivity index (χ3n) is 1.97. The van der Waals surface area contributed by atoms with E-state index in [1.54, 1.807) is 11.3 Å². The molecule has 0 N–H and O–H groups in total. The Kier molecular flexibility index (Phi) is 2.54. The summed E-state index contributed by atoms with van der Waals surface area (Å²) in [6.45, 7) is 6.06. The minimum absolute atomic E-state index is 0.320. The average Bonchev–Trinajstić information content (AvgIpc) is 2.52. The van der Waals surface area contributed by atoms with Gasteiger partial charge in [0.05, 0.1) is 11.5 Å². The van der Waals surface area contributed by atoms with Crippen LogP contribution in [0.1, 0.15) is 31.2 Å². The van der Waals surface area contributed by atoms with E-state index in [2.05, 4.69) is 24.4 Å². The lowest BCUT2D eigenvalue weighted by molar-refractivity contribution is 0.694. The highest BCUT2D eigenvalue weighted by Gasteiger charge is 2.23. The zero-order valence-electron chi connectivity index (χ0n) is 7.72. The maximum Gasteiger partial charge on any atom is 0.0861 e. The molecule has 12 heavy (non-hydrogen) atoms. The molecule has 0 atom stereocenters. The van der Waals surface area contributed by atoms with Crippen LogP contribution in [0.4, 0.5) is 0 Å². The van der Waals surface area contributed by atoms with E-state index in [0.29, 0.717) is 0 Å². The fourth-order valence-corrected chi connectivity index (χ4v) is 2.29. The number of hydrogen-bond donors (Lipinski definition) is 0. The lowest BCUT2D eigenvalue weighted by Gasteiger charge is -2.14. The molecular formula is C10H13NS. The summed E-state index contributed by atoms with van der Waals surface area (Å²) in [6.07, 6.45) is 1.02. The second-order valence-corrected chi connectivity index (χ2v) is 4.28. The largest absolute Gasteiger partial charge is 0.197 e. The maximum absolute atomic E-state index is 8.94. The topological polar surface area (TPSA) is 23.8 Å². The van der Waals surface area contributed by atoms with Crippen molar-refractivity contribution in [3.05, 3.63) is 21.9 Å². The van der Waals surface area contributed by atoms with Crippen LogP contribution in [0.15, 0.2) is 11.4 Å². The normalized spacial score (nSPS) is 11.2. The van der Waals surface area contributed by atoms with Crippen LogP contribution in [0.25, 0.3) is 0 Å². The predicted octanol–water partition coefficient (Wildman–Crippen LogP) is 3.11. The molecule has 0 saturated heterocycles. The molecule has 0 aliphatic heterocycles. The van der Waals surface area contributed by atoms with Crippen molar-refractivity contribution in [2.24, 2.45) is 0 Å². The summed E-state index contributed by atoms with van der Waals surface area (Å²) in [7, 11) is 0. The van der Waals surface area contributed by atoms with Gasteiger partial charge in [-0.3, -0.25) is 0 Å². The fraction of sp³-hybridized carbons (Fsp3) is 0.500. The molecule has 1 nitrogen and oxygen atoms in total. The number of hydrogen-bond acceptors (Lipinski definition) is 2. The molecule has 0 radical (unpaired) electrons. The van der Waals surface area contributed by atoms with Crippen molar-refractivity contribution in [3.8, 4) is 6.07 Å². The summed E-state index contributed by atoms with van der Waals surface area (Å²) in [5, 5.41) is 11.0. The van der Waals surface area contributed by atoms with Crippen molar-refractivity contribution in [2.45, 2.75) is 32.6 Å². The lowest BCUT2D eigenvalue weighted by Crippen LogP contribution is -2.13. The van der Waals surface area contributed by atoms with Crippen LogP contribution in [0.3, 0.4) is 0 Å². The molecule has 0 saturated carbocycles. The zero-order valence-corrected chi connectivity index (χ0v) is 8.53. The molecule has 64 valence electrons. The van der Waals surface area contributed by atoms with E-state index in [-0.39, 0.29) is 5.41 Å².